The summed E-state index contributed by atoms with van der Waals surface area (Å²) in [6.45, 7) is 0.792. The quantitative estimate of drug-likeness (QED) is 0.642. The topological polar surface area (TPSA) is 76.7 Å². The summed E-state index contributed by atoms with van der Waals surface area (Å²) in [6, 6.07) is 18.6. The summed E-state index contributed by atoms with van der Waals surface area (Å²) in [6.07, 6.45) is 0. The standard InChI is InChI=1S/C22H22N2O4/c1-27-20-10-9-18-11-16(5-8-19(18)12-20)14-24-22(26)23-13-15-3-6-17(7-4-15)21(25)28-2/h3-12H,13-14H2,1-2H3,(H2,23,24,26). The van der Waals surface area contributed by atoms with Gasteiger partial charge >= 0.3 is 12.0 Å². The van der Waals surface area contributed by atoms with Crippen molar-refractivity contribution in [1.82, 2.24) is 10.6 Å². The van der Waals surface area contributed by atoms with E-state index in [-0.39, 0.29) is 12.0 Å². The lowest BCUT2D eigenvalue weighted by Crippen LogP contribution is -2.34. The zero-order chi connectivity index (χ0) is 19.9. The number of nitrogens with one attached hydrogen (secondary N) is 2. The molecule has 0 aliphatic carbocycles. The van der Waals surface area contributed by atoms with Crippen molar-refractivity contribution < 1.29 is 19.1 Å². The minimum atomic E-state index is -0.383. The van der Waals surface area contributed by atoms with E-state index < -0.39 is 0 Å². The third-order valence-corrected chi connectivity index (χ3v) is 4.39. The molecule has 0 spiro atoms. The second-order valence-corrected chi connectivity index (χ2v) is 6.27. The molecule has 0 radical (unpaired) electrons. The Balaban J connectivity index is 1.51. The van der Waals surface area contributed by atoms with Crippen LogP contribution in [0.2, 0.25) is 0 Å². The van der Waals surface area contributed by atoms with E-state index >= 15 is 0 Å². The van der Waals surface area contributed by atoms with Gasteiger partial charge in [0.1, 0.15) is 5.75 Å². The van der Waals surface area contributed by atoms with Gasteiger partial charge in [0, 0.05) is 13.1 Å². The third kappa shape index (κ3) is 4.79. The van der Waals surface area contributed by atoms with Crippen LogP contribution in [0.15, 0.2) is 60.7 Å². The summed E-state index contributed by atoms with van der Waals surface area (Å²) in [5, 5.41) is 7.82. The van der Waals surface area contributed by atoms with Gasteiger partial charge in [-0.3, -0.25) is 0 Å². The molecule has 0 unspecified atom stereocenters. The molecule has 2 N–H and O–H groups in total. The maximum atomic E-state index is 12.0. The van der Waals surface area contributed by atoms with Crippen molar-refractivity contribution in [1.29, 1.82) is 0 Å². The molecule has 0 aliphatic rings. The summed E-state index contributed by atoms with van der Waals surface area (Å²) >= 11 is 0. The van der Waals surface area contributed by atoms with Crippen LogP contribution in [0.5, 0.6) is 5.75 Å². The van der Waals surface area contributed by atoms with Crippen LogP contribution in [0.1, 0.15) is 21.5 Å². The maximum absolute atomic E-state index is 12.0. The highest BCUT2D eigenvalue weighted by molar-refractivity contribution is 5.89. The first kappa shape index (κ1) is 19.2. The molecule has 6 heteroatoms. The van der Waals surface area contributed by atoms with E-state index in [4.69, 9.17) is 4.74 Å². The van der Waals surface area contributed by atoms with Crippen molar-refractivity contribution in [3.8, 4) is 5.75 Å². The lowest BCUT2D eigenvalue weighted by atomic mass is 10.1. The SMILES string of the molecule is COC(=O)c1ccc(CNC(=O)NCc2ccc3cc(OC)ccc3c2)cc1. The Kier molecular flexibility index (Phi) is 6.11. The number of rotatable bonds is 6. The smallest absolute Gasteiger partial charge is 0.337 e. The van der Waals surface area contributed by atoms with Crippen LogP contribution in [-0.2, 0) is 17.8 Å². The molecule has 0 aliphatic heterocycles. The number of methoxy groups -OCH3 is 2. The largest absolute Gasteiger partial charge is 0.497 e. The van der Waals surface area contributed by atoms with E-state index in [0.29, 0.717) is 18.7 Å². The molecule has 6 nitrogen and oxygen atoms in total. The van der Waals surface area contributed by atoms with Crippen molar-refractivity contribution in [3.05, 3.63) is 77.4 Å². The number of esters is 1. The number of hydrogen-bond acceptors (Lipinski definition) is 4. The third-order valence-electron chi connectivity index (χ3n) is 4.39. The minimum absolute atomic E-state index is 0.258. The molecule has 3 aromatic carbocycles. The van der Waals surface area contributed by atoms with Crippen LogP contribution in [-0.4, -0.2) is 26.2 Å². The van der Waals surface area contributed by atoms with Crippen molar-refractivity contribution in [2.75, 3.05) is 14.2 Å². The van der Waals surface area contributed by atoms with E-state index in [9.17, 15) is 9.59 Å². The number of carbonyl (C=O) groups is 2. The molecular formula is C22H22N2O4. The molecule has 3 aromatic rings. The fraction of sp³-hybridized carbons (Fsp3) is 0.182. The highest BCUT2D eigenvalue weighted by Crippen LogP contribution is 2.21. The molecule has 0 atom stereocenters. The van der Waals surface area contributed by atoms with E-state index in [1.54, 1.807) is 31.4 Å². The molecule has 0 heterocycles. The van der Waals surface area contributed by atoms with Crippen molar-refractivity contribution in [2.45, 2.75) is 13.1 Å². The van der Waals surface area contributed by atoms with E-state index in [1.807, 2.05) is 36.4 Å². The Morgan fingerprint density at radius 1 is 0.786 bits per heavy atom. The van der Waals surface area contributed by atoms with Crippen LogP contribution >= 0.6 is 0 Å². The average molecular weight is 378 g/mol. The number of ether oxygens (including phenoxy) is 2. The molecule has 2 amide bonds. The maximum Gasteiger partial charge on any atom is 0.337 e. The van der Waals surface area contributed by atoms with Gasteiger partial charge in [0.05, 0.1) is 19.8 Å². The predicted molar refractivity (Wildman–Crippen MR) is 107 cm³/mol. The Morgan fingerprint density at radius 2 is 1.39 bits per heavy atom. The second kappa shape index (κ2) is 8.90. The lowest BCUT2D eigenvalue weighted by Gasteiger charge is -2.09. The van der Waals surface area contributed by atoms with Crippen LogP contribution < -0.4 is 15.4 Å². The summed E-state index contributed by atoms with van der Waals surface area (Å²) in [4.78, 5) is 23.5. The Hall–Kier alpha value is -3.54. The fourth-order valence-corrected chi connectivity index (χ4v) is 2.81. The average Bonchev–Trinajstić information content (AvgIpc) is 2.75. The number of amides is 2. The zero-order valence-corrected chi connectivity index (χ0v) is 15.8. The molecule has 0 aromatic heterocycles. The molecule has 0 saturated heterocycles. The summed E-state index contributed by atoms with van der Waals surface area (Å²) in [5.41, 5.74) is 2.38. The predicted octanol–water partition coefficient (Wildman–Crippen LogP) is 3.63. The highest BCUT2D eigenvalue weighted by Gasteiger charge is 2.06. The van der Waals surface area contributed by atoms with Crippen LogP contribution in [0.25, 0.3) is 10.8 Å². The first-order valence-corrected chi connectivity index (χ1v) is 8.84. The number of hydrogen-bond donors (Lipinski definition) is 2. The van der Waals surface area contributed by atoms with Gasteiger partial charge in [-0.05, 0) is 52.2 Å². The van der Waals surface area contributed by atoms with Crippen molar-refractivity contribution in [2.24, 2.45) is 0 Å². The van der Waals surface area contributed by atoms with Gasteiger partial charge in [-0.25, -0.2) is 9.59 Å². The summed E-state index contributed by atoms with van der Waals surface area (Å²) < 4.78 is 9.89. The molecule has 0 fully saturated rings. The summed E-state index contributed by atoms with van der Waals surface area (Å²) in [7, 11) is 2.99. The Morgan fingerprint density at radius 3 is 2.07 bits per heavy atom. The van der Waals surface area contributed by atoms with E-state index in [0.717, 1.165) is 27.6 Å². The van der Waals surface area contributed by atoms with Gasteiger partial charge in [-0.1, -0.05) is 30.3 Å². The Bertz CT molecular complexity index is 983. The number of urea groups is 1. The van der Waals surface area contributed by atoms with Crippen LogP contribution in [0, 0.1) is 0 Å². The number of fused-ring (bicyclic) bond motifs is 1. The fourth-order valence-electron chi connectivity index (χ4n) is 2.81. The van der Waals surface area contributed by atoms with Crippen molar-refractivity contribution in [3.63, 3.8) is 0 Å². The molecule has 0 bridgehead atoms. The van der Waals surface area contributed by atoms with Crippen LogP contribution in [0.3, 0.4) is 0 Å². The van der Waals surface area contributed by atoms with E-state index in [2.05, 4.69) is 15.4 Å². The molecule has 0 saturated carbocycles. The lowest BCUT2D eigenvalue weighted by molar-refractivity contribution is 0.0600. The minimum Gasteiger partial charge on any atom is -0.497 e. The Labute approximate surface area is 163 Å². The normalized spacial score (nSPS) is 10.4. The monoisotopic (exact) mass is 378 g/mol. The summed E-state index contributed by atoms with van der Waals surface area (Å²) in [5.74, 6) is 0.434. The van der Waals surface area contributed by atoms with Gasteiger partial charge in [0.25, 0.3) is 0 Å². The molecule has 28 heavy (non-hydrogen) atoms. The second-order valence-electron chi connectivity index (χ2n) is 6.27. The number of benzene rings is 3. The first-order chi connectivity index (χ1) is 13.6. The van der Waals surface area contributed by atoms with Gasteiger partial charge in [0.15, 0.2) is 0 Å². The number of carbonyl (C=O) groups excluding carboxylic acids is 2. The molecular weight excluding hydrogens is 356 g/mol. The van der Waals surface area contributed by atoms with Gasteiger partial charge in [0.2, 0.25) is 0 Å². The van der Waals surface area contributed by atoms with Crippen LogP contribution in [0.4, 0.5) is 4.79 Å². The zero-order valence-electron chi connectivity index (χ0n) is 15.8. The van der Waals surface area contributed by atoms with E-state index in [1.165, 1.54) is 7.11 Å². The highest BCUT2D eigenvalue weighted by atomic mass is 16.5. The van der Waals surface area contributed by atoms with Gasteiger partial charge < -0.3 is 20.1 Å². The first-order valence-electron chi connectivity index (χ1n) is 8.84. The van der Waals surface area contributed by atoms with Gasteiger partial charge in [-0.2, -0.15) is 0 Å². The molecule has 144 valence electrons. The van der Waals surface area contributed by atoms with Gasteiger partial charge in [-0.15, -0.1) is 0 Å². The molecule has 3 rings (SSSR count). The van der Waals surface area contributed by atoms with Crippen molar-refractivity contribution >= 4 is 22.8 Å².